The maximum absolute atomic E-state index is 11.9. The summed E-state index contributed by atoms with van der Waals surface area (Å²) in [6, 6.07) is -0.125. The number of carbonyl (C=O) groups excluding carboxylic acids is 1. The Hall–Kier alpha value is -1.52. The van der Waals surface area contributed by atoms with E-state index in [1.54, 1.807) is 0 Å². The fourth-order valence-electron chi connectivity index (χ4n) is 3.01. The monoisotopic (exact) mass is 293 g/mol. The van der Waals surface area contributed by atoms with Gasteiger partial charge < -0.3 is 14.6 Å². The third-order valence-corrected chi connectivity index (χ3v) is 4.11. The number of rotatable bonds is 3. The molecule has 1 N–H and O–H groups in total. The van der Waals surface area contributed by atoms with Crippen LogP contribution in [0.4, 0.5) is 4.79 Å². The Morgan fingerprint density at radius 1 is 1.43 bits per heavy atom. The zero-order valence-electron chi connectivity index (χ0n) is 13.8. The molecule has 5 heteroatoms. The summed E-state index contributed by atoms with van der Waals surface area (Å²) in [5.74, 6) is 0. The van der Waals surface area contributed by atoms with Crippen LogP contribution in [0, 0.1) is 0 Å². The lowest BCUT2D eigenvalue weighted by atomic mass is 9.99. The molecule has 0 aromatic carbocycles. The summed E-state index contributed by atoms with van der Waals surface area (Å²) >= 11 is 0. The molecule has 1 amide bonds. The van der Waals surface area contributed by atoms with Gasteiger partial charge in [0.25, 0.3) is 0 Å². The number of amides is 1. The minimum atomic E-state index is -0.485. The van der Waals surface area contributed by atoms with Crippen LogP contribution in [0.2, 0.25) is 0 Å². The molecular formula is C16H27N3O2. The van der Waals surface area contributed by atoms with Crippen molar-refractivity contribution in [2.75, 3.05) is 0 Å². The Labute approximate surface area is 127 Å². The van der Waals surface area contributed by atoms with Gasteiger partial charge in [0.15, 0.2) is 0 Å². The Kier molecular flexibility index (Phi) is 4.30. The maximum atomic E-state index is 11.9. The number of nitrogens with zero attached hydrogens (tertiary/aromatic N) is 2. The molecule has 5 nitrogen and oxygen atoms in total. The van der Waals surface area contributed by atoms with Gasteiger partial charge in [-0.1, -0.05) is 12.8 Å². The molecule has 1 fully saturated rings. The fourth-order valence-corrected chi connectivity index (χ4v) is 3.01. The van der Waals surface area contributed by atoms with E-state index in [1.807, 2.05) is 40.2 Å². The molecule has 0 bridgehead atoms. The number of nitrogens with one attached hydrogen (secondary N) is 1. The molecule has 1 aliphatic carbocycles. The second-order valence-corrected chi connectivity index (χ2v) is 7.26. The van der Waals surface area contributed by atoms with Gasteiger partial charge in [-0.15, -0.1) is 0 Å². The molecule has 21 heavy (non-hydrogen) atoms. The van der Waals surface area contributed by atoms with Crippen molar-refractivity contribution in [2.45, 2.75) is 77.5 Å². The van der Waals surface area contributed by atoms with Crippen molar-refractivity contribution in [3.8, 4) is 0 Å². The van der Waals surface area contributed by atoms with Gasteiger partial charge in [0.2, 0.25) is 0 Å². The van der Waals surface area contributed by atoms with Gasteiger partial charge in [-0.25, -0.2) is 9.78 Å². The molecule has 0 radical (unpaired) electrons. The first-order chi connectivity index (χ1) is 9.71. The van der Waals surface area contributed by atoms with Gasteiger partial charge in [-0.2, -0.15) is 0 Å². The fraction of sp³-hybridized carbons (Fsp3) is 0.750. The van der Waals surface area contributed by atoms with Gasteiger partial charge in [0.1, 0.15) is 5.60 Å². The summed E-state index contributed by atoms with van der Waals surface area (Å²) in [5, 5.41) is 2.90. The average molecular weight is 293 g/mol. The number of hydrogen-bond donors (Lipinski definition) is 1. The zero-order chi connectivity index (χ0) is 15.7. The average Bonchev–Trinajstić information content (AvgIpc) is 2.94. The molecule has 1 aromatic rings. The first-order valence-corrected chi connectivity index (χ1v) is 7.73. The second-order valence-electron chi connectivity index (χ2n) is 7.26. The van der Waals surface area contributed by atoms with E-state index >= 15 is 0 Å². The van der Waals surface area contributed by atoms with Gasteiger partial charge in [0, 0.05) is 5.54 Å². The quantitative estimate of drug-likeness (QED) is 0.923. The van der Waals surface area contributed by atoms with Crippen molar-refractivity contribution in [2.24, 2.45) is 0 Å². The van der Waals surface area contributed by atoms with Crippen LogP contribution in [0.15, 0.2) is 12.5 Å². The van der Waals surface area contributed by atoms with Crippen LogP contribution in [0.25, 0.3) is 0 Å². The van der Waals surface area contributed by atoms with Crippen molar-refractivity contribution in [3.05, 3.63) is 18.2 Å². The molecule has 0 aliphatic heterocycles. The molecule has 118 valence electrons. The molecule has 1 aliphatic rings. The third kappa shape index (κ3) is 3.77. The van der Waals surface area contributed by atoms with Gasteiger partial charge in [-0.05, 0) is 47.5 Å². The number of imidazole rings is 1. The number of ether oxygens (including phenoxy) is 1. The molecule has 1 heterocycles. The first kappa shape index (κ1) is 15.9. The van der Waals surface area contributed by atoms with Crippen LogP contribution < -0.4 is 5.32 Å². The highest BCUT2D eigenvalue weighted by molar-refractivity contribution is 5.68. The van der Waals surface area contributed by atoms with Crippen molar-refractivity contribution in [3.63, 3.8) is 0 Å². The van der Waals surface area contributed by atoms with Crippen molar-refractivity contribution in [1.82, 2.24) is 14.9 Å². The standard InChI is InChI=1S/C16H27N3O2/c1-12(18-14(20)21-15(2,3)4)13-10-17-11-19(13)16(5)8-6-7-9-16/h10-12H,6-9H2,1-5H3,(H,18,20)/t12-/m1/s1. The first-order valence-electron chi connectivity index (χ1n) is 7.73. The lowest BCUT2D eigenvalue weighted by Gasteiger charge is -2.30. The maximum Gasteiger partial charge on any atom is 0.408 e. The van der Waals surface area contributed by atoms with E-state index in [0.29, 0.717) is 0 Å². The molecule has 2 rings (SSSR count). The van der Waals surface area contributed by atoms with Crippen molar-refractivity contribution >= 4 is 6.09 Å². The summed E-state index contributed by atoms with van der Waals surface area (Å²) in [6.45, 7) is 9.82. The molecular weight excluding hydrogens is 266 g/mol. The molecule has 1 aromatic heterocycles. The number of carbonyl (C=O) groups is 1. The molecule has 1 atom stereocenters. The van der Waals surface area contributed by atoms with E-state index in [1.165, 1.54) is 12.8 Å². The predicted molar refractivity (Wildman–Crippen MR) is 82.1 cm³/mol. The molecule has 0 saturated heterocycles. The smallest absolute Gasteiger partial charge is 0.408 e. The summed E-state index contributed by atoms with van der Waals surface area (Å²) in [5.41, 5.74) is 0.669. The summed E-state index contributed by atoms with van der Waals surface area (Å²) in [4.78, 5) is 16.2. The van der Waals surface area contributed by atoms with Gasteiger partial charge in [-0.3, -0.25) is 0 Å². The molecule has 0 unspecified atom stereocenters. The number of hydrogen-bond acceptors (Lipinski definition) is 3. The molecule has 0 spiro atoms. The lowest BCUT2D eigenvalue weighted by molar-refractivity contribution is 0.0504. The Balaban J connectivity index is 2.09. The highest BCUT2D eigenvalue weighted by Gasteiger charge is 2.33. The highest BCUT2D eigenvalue weighted by Crippen LogP contribution is 2.37. The topological polar surface area (TPSA) is 56.1 Å². The minimum Gasteiger partial charge on any atom is -0.444 e. The third-order valence-electron chi connectivity index (χ3n) is 4.11. The Bertz CT molecular complexity index is 496. The summed E-state index contributed by atoms with van der Waals surface area (Å²) in [6.07, 6.45) is 8.16. The zero-order valence-corrected chi connectivity index (χ0v) is 13.8. The Morgan fingerprint density at radius 2 is 2.05 bits per heavy atom. The van der Waals surface area contributed by atoms with E-state index in [0.717, 1.165) is 18.5 Å². The van der Waals surface area contributed by atoms with E-state index in [2.05, 4.69) is 21.8 Å². The normalized spacial score (nSPS) is 19.3. The molecule has 1 saturated carbocycles. The highest BCUT2D eigenvalue weighted by atomic mass is 16.6. The summed E-state index contributed by atoms with van der Waals surface area (Å²) in [7, 11) is 0. The van der Waals surface area contributed by atoms with Gasteiger partial charge >= 0.3 is 6.09 Å². The van der Waals surface area contributed by atoms with Crippen molar-refractivity contribution in [1.29, 1.82) is 0 Å². The van der Waals surface area contributed by atoms with Crippen molar-refractivity contribution < 1.29 is 9.53 Å². The van der Waals surface area contributed by atoms with E-state index < -0.39 is 5.60 Å². The van der Waals surface area contributed by atoms with Crippen LogP contribution in [0.5, 0.6) is 0 Å². The van der Waals surface area contributed by atoms with E-state index in [-0.39, 0.29) is 17.7 Å². The minimum absolute atomic E-state index is 0.121. The van der Waals surface area contributed by atoms with Crippen LogP contribution in [-0.4, -0.2) is 21.2 Å². The van der Waals surface area contributed by atoms with Crippen LogP contribution >= 0.6 is 0 Å². The second kappa shape index (κ2) is 5.70. The number of aromatic nitrogens is 2. The van der Waals surface area contributed by atoms with Crippen LogP contribution in [0.1, 0.15) is 72.0 Å². The van der Waals surface area contributed by atoms with Gasteiger partial charge in [0.05, 0.1) is 24.3 Å². The predicted octanol–water partition coefficient (Wildman–Crippen LogP) is 3.76. The number of alkyl carbamates (subject to hydrolysis) is 1. The lowest BCUT2D eigenvalue weighted by Crippen LogP contribution is -2.36. The summed E-state index contributed by atoms with van der Waals surface area (Å²) < 4.78 is 7.54. The van der Waals surface area contributed by atoms with E-state index in [4.69, 9.17) is 4.74 Å². The Morgan fingerprint density at radius 3 is 2.62 bits per heavy atom. The largest absolute Gasteiger partial charge is 0.444 e. The van der Waals surface area contributed by atoms with Crippen LogP contribution in [-0.2, 0) is 10.3 Å². The van der Waals surface area contributed by atoms with E-state index in [9.17, 15) is 4.79 Å². The SMILES string of the molecule is C[C@@H](NC(=O)OC(C)(C)C)c1cncn1C1(C)CCCC1. The van der Waals surface area contributed by atoms with Crippen LogP contribution in [0.3, 0.4) is 0 Å².